The van der Waals surface area contributed by atoms with Gasteiger partial charge in [0.1, 0.15) is 11.6 Å². The van der Waals surface area contributed by atoms with Crippen LogP contribution in [0.5, 0.6) is 0 Å². The molecule has 1 unspecified atom stereocenters. The first-order valence-electron chi connectivity index (χ1n) is 6.98. The number of carbonyl (C=O) groups excluding carboxylic acids is 2. The maximum absolute atomic E-state index is 12.6. The van der Waals surface area contributed by atoms with Crippen LogP contribution in [0.3, 0.4) is 0 Å². The van der Waals surface area contributed by atoms with Crippen molar-refractivity contribution in [3.05, 3.63) is 11.6 Å². The van der Waals surface area contributed by atoms with Gasteiger partial charge in [0.25, 0.3) is 0 Å². The van der Waals surface area contributed by atoms with E-state index in [0.29, 0.717) is 25.3 Å². The van der Waals surface area contributed by atoms with E-state index in [-0.39, 0.29) is 17.9 Å². The fourth-order valence-electron chi connectivity index (χ4n) is 2.95. The van der Waals surface area contributed by atoms with Gasteiger partial charge in [-0.25, -0.2) is 0 Å². The summed E-state index contributed by atoms with van der Waals surface area (Å²) in [4.78, 5) is 26.8. The smallest absolute Gasteiger partial charge is 0.246 e. The summed E-state index contributed by atoms with van der Waals surface area (Å²) in [7, 11) is 0. The van der Waals surface area contributed by atoms with Crippen LogP contribution >= 0.6 is 11.6 Å². The van der Waals surface area contributed by atoms with E-state index >= 15 is 0 Å². The maximum atomic E-state index is 12.6. The first-order chi connectivity index (χ1) is 9.10. The summed E-state index contributed by atoms with van der Waals surface area (Å²) in [6.45, 7) is 4.30. The van der Waals surface area contributed by atoms with Crippen molar-refractivity contribution in [2.24, 2.45) is 5.92 Å². The topological polar surface area (TPSA) is 49.4 Å². The van der Waals surface area contributed by atoms with Crippen molar-refractivity contribution >= 4 is 23.4 Å². The lowest BCUT2D eigenvalue weighted by Gasteiger charge is -2.47. The van der Waals surface area contributed by atoms with Gasteiger partial charge < -0.3 is 10.2 Å². The zero-order valence-corrected chi connectivity index (χ0v) is 12.2. The third kappa shape index (κ3) is 2.38. The van der Waals surface area contributed by atoms with Crippen molar-refractivity contribution in [1.29, 1.82) is 0 Å². The second-order valence-electron chi connectivity index (χ2n) is 5.34. The molecule has 0 aromatic carbocycles. The molecule has 1 aliphatic carbocycles. The minimum Gasteiger partial charge on any atom is -0.342 e. The van der Waals surface area contributed by atoms with Crippen LogP contribution in [0.4, 0.5) is 0 Å². The van der Waals surface area contributed by atoms with E-state index in [0.717, 1.165) is 12.8 Å². The molecule has 5 heteroatoms. The fraction of sp³-hybridized carbons (Fsp3) is 0.714. The van der Waals surface area contributed by atoms with Gasteiger partial charge in [0, 0.05) is 12.1 Å². The van der Waals surface area contributed by atoms with Gasteiger partial charge in [0.2, 0.25) is 11.8 Å². The van der Waals surface area contributed by atoms with E-state index in [9.17, 15) is 9.59 Å². The maximum Gasteiger partial charge on any atom is 0.246 e. The van der Waals surface area contributed by atoms with Crippen LogP contribution < -0.4 is 5.32 Å². The lowest BCUT2D eigenvalue weighted by molar-refractivity contribution is -0.158. The third-order valence-electron chi connectivity index (χ3n) is 4.40. The van der Waals surface area contributed by atoms with Crippen molar-refractivity contribution in [2.45, 2.75) is 51.1 Å². The predicted molar refractivity (Wildman–Crippen MR) is 74.7 cm³/mol. The number of amides is 2. The molecule has 19 heavy (non-hydrogen) atoms. The molecule has 4 nitrogen and oxygen atoms in total. The summed E-state index contributed by atoms with van der Waals surface area (Å²) in [6, 6.07) is -0.331. The number of hydrogen-bond donors (Lipinski definition) is 1. The molecule has 106 valence electrons. The molecule has 1 aliphatic heterocycles. The largest absolute Gasteiger partial charge is 0.342 e. The van der Waals surface area contributed by atoms with Crippen molar-refractivity contribution in [3.8, 4) is 0 Å². The summed E-state index contributed by atoms with van der Waals surface area (Å²) >= 11 is 5.58. The molecule has 2 amide bonds. The summed E-state index contributed by atoms with van der Waals surface area (Å²) < 4.78 is 0. The molecule has 1 N–H and O–H groups in total. The van der Waals surface area contributed by atoms with Crippen molar-refractivity contribution < 1.29 is 9.59 Å². The van der Waals surface area contributed by atoms with Crippen LogP contribution in [0.2, 0.25) is 0 Å². The summed E-state index contributed by atoms with van der Waals surface area (Å²) in [5.41, 5.74) is 0.681. The number of piperazine rings is 1. The molecule has 0 radical (unpaired) electrons. The lowest BCUT2D eigenvalue weighted by atomic mass is 9.85. The van der Waals surface area contributed by atoms with Crippen LogP contribution in [0, 0.1) is 5.92 Å². The molecule has 0 bridgehead atoms. The van der Waals surface area contributed by atoms with Gasteiger partial charge in [-0.1, -0.05) is 31.5 Å². The normalized spacial score (nSPS) is 26.9. The molecule has 1 saturated carbocycles. The van der Waals surface area contributed by atoms with Crippen LogP contribution in [-0.4, -0.2) is 34.8 Å². The molecule has 2 fully saturated rings. The van der Waals surface area contributed by atoms with E-state index in [4.69, 9.17) is 11.6 Å². The number of nitrogens with one attached hydrogen (secondary N) is 1. The standard InChI is InChI=1S/C14H21ClN2O2/c1-3-14(4-2)13(19)16-11(10-6-7-10)12(18)17(14)9-5-8-15/h5,8,10-11H,3-4,6-7,9H2,1-2H3,(H,16,19)/b8-5+. The van der Waals surface area contributed by atoms with Gasteiger partial charge in [0.05, 0.1) is 0 Å². The molecule has 1 saturated heterocycles. The van der Waals surface area contributed by atoms with Crippen LogP contribution in [0.1, 0.15) is 39.5 Å². The first-order valence-corrected chi connectivity index (χ1v) is 7.42. The predicted octanol–water partition coefficient (Wildman–Crippen LogP) is 2.03. The van der Waals surface area contributed by atoms with Crippen molar-refractivity contribution in [2.75, 3.05) is 6.54 Å². The van der Waals surface area contributed by atoms with Crippen molar-refractivity contribution in [3.63, 3.8) is 0 Å². The van der Waals surface area contributed by atoms with Gasteiger partial charge in [-0.3, -0.25) is 9.59 Å². The van der Waals surface area contributed by atoms with Crippen LogP contribution in [0.15, 0.2) is 11.6 Å². The highest BCUT2D eigenvalue weighted by atomic mass is 35.5. The van der Waals surface area contributed by atoms with Gasteiger partial charge >= 0.3 is 0 Å². The zero-order valence-electron chi connectivity index (χ0n) is 11.5. The number of carbonyl (C=O) groups is 2. The number of halogens is 1. The Morgan fingerprint density at radius 2 is 2.00 bits per heavy atom. The second-order valence-corrected chi connectivity index (χ2v) is 5.59. The van der Waals surface area contributed by atoms with Gasteiger partial charge in [-0.05, 0) is 31.6 Å². The molecule has 0 aromatic heterocycles. The highest BCUT2D eigenvalue weighted by Gasteiger charge is 2.53. The van der Waals surface area contributed by atoms with Crippen molar-refractivity contribution in [1.82, 2.24) is 10.2 Å². The average molecular weight is 285 g/mol. The molecule has 1 heterocycles. The van der Waals surface area contributed by atoms with Gasteiger partial charge in [-0.15, -0.1) is 0 Å². The fourth-order valence-corrected chi connectivity index (χ4v) is 3.03. The number of nitrogens with zero attached hydrogens (tertiary/aromatic N) is 1. The summed E-state index contributed by atoms with van der Waals surface area (Å²) in [5.74, 6) is 0.350. The van der Waals surface area contributed by atoms with Gasteiger partial charge in [0.15, 0.2) is 0 Å². The monoisotopic (exact) mass is 284 g/mol. The Morgan fingerprint density at radius 1 is 1.37 bits per heavy atom. The van der Waals surface area contributed by atoms with Crippen LogP contribution in [-0.2, 0) is 9.59 Å². The molecule has 0 spiro atoms. The molecular weight excluding hydrogens is 264 g/mol. The molecule has 1 atom stereocenters. The number of hydrogen-bond acceptors (Lipinski definition) is 2. The van der Waals surface area contributed by atoms with E-state index in [2.05, 4.69) is 5.32 Å². The Hall–Kier alpha value is -1.03. The average Bonchev–Trinajstić information content (AvgIpc) is 3.24. The Kier molecular flexibility index (Phi) is 4.19. The Morgan fingerprint density at radius 3 is 2.47 bits per heavy atom. The Bertz CT molecular complexity index is 400. The highest BCUT2D eigenvalue weighted by molar-refractivity contribution is 6.25. The first kappa shape index (κ1) is 14.4. The van der Waals surface area contributed by atoms with E-state index < -0.39 is 5.54 Å². The second kappa shape index (κ2) is 5.53. The molecule has 2 rings (SSSR count). The Balaban J connectivity index is 2.31. The quantitative estimate of drug-likeness (QED) is 0.840. The minimum atomic E-state index is -0.723. The highest BCUT2D eigenvalue weighted by Crippen LogP contribution is 2.38. The molecule has 0 aromatic rings. The van der Waals surface area contributed by atoms with E-state index in [1.165, 1.54) is 5.54 Å². The SMILES string of the molecule is CCC1(CC)C(=O)NC(C2CC2)C(=O)N1C/C=C/Cl. The Labute approximate surface area is 119 Å². The van der Waals surface area contributed by atoms with Gasteiger partial charge in [-0.2, -0.15) is 0 Å². The zero-order chi connectivity index (χ0) is 14.0. The van der Waals surface area contributed by atoms with Crippen LogP contribution in [0.25, 0.3) is 0 Å². The molecular formula is C14H21ClN2O2. The molecule has 2 aliphatic rings. The minimum absolute atomic E-state index is 0.0167. The lowest BCUT2D eigenvalue weighted by Crippen LogP contribution is -2.70. The summed E-state index contributed by atoms with van der Waals surface area (Å²) in [6.07, 6.45) is 5.02. The van der Waals surface area contributed by atoms with E-state index in [1.807, 2.05) is 13.8 Å². The summed E-state index contributed by atoms with van der Waals surface area (Å²) in [5, 5.41) is 2.94. The van der Waals surface area contributed by atoms with E-state index in [1.54, 1.807) is 11.0 Å². The number of rotatable bonds is 5. The third-order valence-corrected chi connectivity index (χ3v) is 4.58.